The molecule has 1 heteroatoms. The van der Waals surface area contributed by atoms with Crippen molar-refractivity contribution in [3.05, 3.63) is 47.5 Å². The highest BCUT2D eigenvalue weighted by Crippen LogP contribution is 2.15. The summed E-state index contributed by atoms with van der Waals surface area (Å²) in [5, 5.41) is 0. The van der Waals surface area contributed by atoms with Gasteiger partial charge in [0.15, 0.2) is 0 Å². The topological polar surface area (TPSA) is 12.4 Å². The summed E-state index contributed by atoms with van der Waals surface area (Å²) < 4.78 is 0. The Kier molecular flexibility index (Phi) is 4.11. The lowest BCUT2D eigenvalue weighted by Crippen LogP contribution is -1.89. The van der Waals surface area contributed by atoms with Gasteiger partial charge < -0.3 is 0 Å². The van der Waals surface area contributed by atoms with E-state index in [2.05, 4.69) is 37.0 Å². The molecule has 1 aromatic rings. The van der Waals surface area contributed by atoms with Gasteiger partial charge in [-0.3, -0.25) is 4.99 Å². The number of hydrogen-bond acceptors (Lipinski definition) is 1. The lowest BCUT2D eigenvalue weighted by molar-refractivity contribution is 0.825. The number of aliphatic imine (C=N–C) groups is 1. The minimum atomic E-state index is 0.242. The highest BCUT2D eigenvalue weighted by atomic mass is 14.8. The van der Waals surface area contributed by atoms with Crippen molar-refractivity contribution in [2.45, 2.75) is 26.8 Å². The Morgan fingerprint density at radius 1 is 1.29 bits per heavy atom. The van der Waals surface area contributed by atoms with Crippen LogP contribution in [0.25, 0.3) is 0 Å². The first-order valence-corrected chi connectivity index (χ1v) is 4.95. The van der Waals surface area contributed by atoms with Crippen LogP contribution in [0.3, 0.4) is 0 Å². The van der Waals surface area contributed by atoms with Gasteiger partial charge in [-0.1, -0.05) is 36.4 Å². The quantitative estimate of drug-likeness (QED) is 0.638. The monoisotopic (exact) mass is 187 g/mol. The molecule has 0 saturated carbocycles. The normalized spacial score (nSPS) is 14.6. The molecule has 0 aromatic heterocycles. The minimum absolute atomic E-state index is 0.242. The molecule has 74 valence electrons. The Bertz CT molecular complexity index is 322. The Labute approximate surface area is 86.2 Å². The highest BCUT2D eigenvalue weighted by Gasteiger charge is 1.99. The van der Waals surface area contributed by atoms with Crippen LogP contribution in [0.5, 0.6) is 0 Å². The van der Waals surface area contributed by atoms with Gasteiger partial charge in [-0.2, -0.15) is 0 Å². The average Bonchev–Trinajstić information content (AvgIpc) is 2.26. The third-order valence-corrected chi connectivity index (χ3v) is 2.24. The van der Waals surface area contributed by atoms with Crippen molar-refractivity contribution < 1.29 is 0 Å². The Morgan fingerprint density at radius 3 is 2.50 bits per heavy atom. The third-order valence-electron chi connectivity index (χ3n) is 2.24. The zero-order valence-corrected chi connectivity index (χ0v) is 9.07. The summed E-state index contributed by atoms with van der Waals surface area (Å²) in [7, 11) is 0. The fraction of sp³-hybridized carbons (Fsp3) is 0.308. The van der Waals surface area contributed by atoms with Gasteiger partial charge in [-0.25, -0.2) is 0 Å². The Balaban J connectivity index is 2.68. The van der Waals surface area contributed by atoms with Crippen LogP contribution < -0.4 is 0 Å². The van der Waals surface area contributed by atoms with E-state index >= 15 is 0 Å². The van der Waals surface area contributed by atoms with Gasteiger partial charge in [0.05, 0.1) is 6.04 Å². The van der Waals surface area contributed by atoms with Gasteiger partial charge in [0.1, 0.15) is 0 Å². The fourth-order valence-corrected chi connectivity index (χ4v) is 1.12. The van der Waals surface area contributed by atoms with Crippen LogP contribution in [0, 0.1) is 0 Å². The molecule has 0 amide bonds. The van der Waals surface area contributed by atoms with Crippen LogP contribution in [0.4, 0.5) is 0 Å². The number of allylic oxidation sites excluding steroid dienone is 2. The second kappa shape index (κ2) is 5.38. The van der Waals surface area contributed by atoms with Crippen molar-refractivity contribution in [3.63, 3.8) is 0 Å². The second-order valence-electron chi connectivity index (χ2n) is 3.40. The summed E-state index contributed by atoms with van der Waals surface area (Å²) >= 11 is 0. The lowest BCUT2D eigenvalue weighted by Gasteiger charge is -2.05. The van der Waals surface area contributed by atoms with Crippen LogP contribution in [-0.2, 0) is 0 Å². The van der Waals surface area contributed by atoms with Gasteiger partial charge in [0, 0.05) is 6.21 Å². The van der Waals surface area contributed by atoms with Crippen molar-refractivity contribution >= 4 is 6.21 Å². The lowest BCUT2D eigenvalue weighted by atomic mass is 10.1. The van der Waals surface area contributed by atoms with Crippen molar-refractivity contribution in [1.29, 1.82) is 0 Å². The number of benzene rings is 1. The van der Waals surface area contributed by atoms with Crippen molar-refractivity contribution in [1.82, 2.24) is 0 Å². The molecule has 0 heterocycles. The van der Waals surface area contributed by atoms with Gasteiger partial charge in [-0.05, 0) is 31.9 Å². The first-order chi connectivity index (χ1) is 6.74. The molecular formula is C13H17N. The van der Waals surface area contributed by atoms with E-state index < -0.39 is 0 Å². The molecular weight excluding hydrogens is 170 g/mol. The molecule has 1 unspecified atom stereocenters. The van der Waals surface area contributed by atoms with Crippen LogP contribution >= 0.6 is 0 Å². The molecule has 0 fully saturated rings. The molecule has 0 bridgehead atoms. The maximum absolute atomic E-state index is 4.47. The summed E-state index contributed by atoms with van der Waals surface area (Å²) in [5.74, 6) is 0. The zero-order chi connectivity index (χ0) is 10.4. The Morgan fingerprint density at radius 2 is 1.93 bits per heavy atom. The predicted molar refractivity (Wildman–Crippen MR) is 62.8 cm³/mol. The molecule has 0 radical (unpaired) electrons. The van der Waals surface area contributed by atoms with Crippen LogP contribution in [0.2, 0.25) is 0 Å². The summed E-state index contributed by atoms with van der Waals surface area (Å²) in [6.45, 7) is 6.19. The molecule has 0 aliphatic carbocycles. The largest absolute Gasteiger partial charge is 0.285 e. The van der Waals surface area contributed by atoms with E-state index in [9.17, 15) is 0 Å². The molecule has 0 aliphatic rings. The van der Waals surface area contributed by atoms with E-state index in [-0.39, 0.29) is 6.04 Å². The van der Waals surface area contributed by atoms with Crippen molar-refractivity contribution in [2.75, 3.05) is 0 Å². The maximum atomic E-state index is 4.47. The first kappa shape index (κ1) is 10.7. The molecule has 0 spiro atoms. The molecule has 0 aliphatic heterocycles. The van der Waals surface area contributed by atoms with Gasteiger partial charge in [0.25, 0.3) is 0 Å². The van der Waals surface area contributed by atoms with Crippen molar-refractivity contribution in [3.8, 4) is 0 Å². The maximum Gasteiger partial charge on any atom is 0.0720 e. The van der Waals surface area contributed by atoms with E-state index in [1.165, 1.54) is 11.1 Å². The third kappa shape index (κ3) is 3.17. The summed E-state index contributed by atoms with van der Waals surface area (Å²) in [6.07, 6.45) is 3.99. The van der Waals surface area contributed by atoms with Crippen LogP contribution in [0.15, 0.2) is 47.0 Å². The summed E-state index contributed by atoms with van der Waals surface area (Å²) in [6, 6.07) is 10.6. The van der Waals surface area contributed by atoms with Crippen LogP contribution in [-0.4, -0.2) is 6.21 Å². The fourth-order valence-electron chi connectivity index (χ4n) is 1.12. The number of rotatable bonds is 3. The van der Waals surface area contributed by atoms with E-state index in [0.717, 1.165) is 0 Å². The second-order valence-corrected chi connectivity index (χ2v) is 3.40. The molecule has 1 atom stereocenters. The average molecular weight is 187 g/mol. The standard InChI is InChI=1S/C13H17N/c1-4-11(2)10-14-12(3)13-8-6-5-7-9-13/h4-10,12H,1-3H3/b11-4-,14-10-. The molecule has 0 saturated heterocycles. The van der Waals surface area contributed by atoms with E-state index in [0.29, 0.717) is 0 Å². The Hall–Kier alpha value is -1.37. The van der Waals surface area contributed by atoms with Gasteiger partial charge in [-0.15, -0.1) is 0 Å². The van der Waals surface area contributed by atoms with E-state index in [1.54, 1.807) is 0 Å². The van der Waals surface area contributed by atoms with E-state index in [1.807, 2.05) is 31.3 Å². The highest BCUT2D eigenvalue weighted by molar-refractivity contribution is 5.77. The van der Waals surface area contributed by atoms with Gasteiger partial charge in [0.2, 0.25) is 0 Å². The number of nitrogens with zero attached hydrogens (tertiary/aromatic N) is 1. The first-order valence-electron chi connectivity index (χ1n) is 4.95. The molecule has 1 rings (SSSR count). The summed E-state index contributed by atoms with van der Waals surface area (Å²) in [5.41, 5.74) is 2.46. The van der Waals surface area contributed by atoms with Crippen LogP contribution in [0.1, 0.15) is 32.4 Å². The molecule has 1 aromatic carbocycles. The van der Waals surface area contributed by atoms with E-state index in [4.69, 9.17) is 0 Å². The zero-order valence-electron chi connectivity index (χ0n) is 9.07. The summed E-state index contributed by atoms with van der Waals surface area (Å²) in [4.78, 5) is 4.47. The SMILES string of the molecule is C/C=C(C)\C=N/C(C)c1ccccc1. The minimum Gasteiger partial charge on any atom is -0.285 e. The van der Waals surface area contributed by atoms with Crippen molar-refractivity contribution in [2.24, 2.45) is 4.99 Å². The predicted octanol–water partition coefficient (Wildman–Crippen LogP) is 3.78. The molecule has 1 nitrogen and oxygen atoms in total. The smallest absolute Gasteiger partial charge is 0.0720 e. The molecule has 14 heavy (non-hydrogen) atoms. The molecule has 0 N–H and O–H groups in total. The number of hydrogen-bond donors (Lipinski definition) is 0. The van der Waals surface area contributed by atoms with Gasteiger partial charge >= 0.3 is 0 Å².